The van der Waals surface area contributed by atoms with Crippen molar-refractivity contribution in [2.24, 2.45) is 11.8 Å². The van der Waals surface area contributed by atoms with E-state index in [1.54, 1.807) is 0 Å². The van der Waals surface area contributed by atoms with E-state index < -0.39 is 0 Å². The quantitative estimate of drug-likeness (QED) is 0.715. The molecule has 2 nitrogen and oxygen atoms in total. The predicted molar refractivity (Wildman–Crippen MR) is 68.7 cm³/mol. The lowest BCUT2D eigenvalue weighted by Gasteiger charge is -2.19. The number of carbonyl (C=O) groups is 1. The highest BCUT2D eigenvalue weighted by Gasteiger charge is 2.20. The first-order valence-corrected chi connectivity index (χ1v) is 7.00. The van der Waals surface area contributed by atoms with Gasteiger partial charge >= 0.3 is 0 Å². The van der Waals surface area contributed by atoms with E-state index in [2.05, 4.69) is 19.2 Å². The number of rotatable bonds is 6. The molecule has 1 saturated carbocycles. The van der Waals surface area contributed by atoms with Crippen LogP contribution in [0, 0.1) is 11.8 Å². The third-order valence-electron chi connectivity index (χ3n) is 3.26. The summed E-state index contributed by atoms with van der Waals surface area (Å²) in [7, 11) is 0. The average Bonchev–Trinajstić information content (AvgIpc) is 2.68. The van der Waals surface area contributed by atoms with Crippen molar-refractivity contribution in [3.63, 3.8) is 0 Å². The summed E-state index contributed by atoms with van der Waals surface area (Å²) in [6.45, 7) is 4.31. The van der Waals surface area contributed by atoms with Crippen molar-refractivity contribution in [2.45, 2.75) is 58.4 Å². The topological polar surface area (TPSA) is 29.1 Å². The predicted octanol–water partition coefficient (Wildman–Crippen LogP) is 3.34. The molecule has 1 rings (SSSR count). The summed E-state index contributed by atoms with van der Waals surface area (Å²) in [6, 6.07) is 0.149. The summed E-state index contributed by atoms with van der Waals surface area (Å²) in [5, 5.41) is 3.05. The Morgan fingerprint density at radius 2 is 2.00 bits per heavy atom. The zero-order valence-corrected chi connectivity index (χ0v) is 11.2. The first-order valence-electron chi connectivity index (χ1n) is 6.47. The second-order valence-corrected chi connectivity index (χ2v) is 5.71. The first kappa shape index (κ1) is 13.8. The number of carbonyl (C=O) groups excluding carboxylic acids is 1. The van der Waals surface area contributed by atoms with Crippen LogP contribution >= 0.6 is 11.6 Å². The largest absolute Gasteiger partial charge is 0.352 e. The number of alkyl halides is 1. The minimum absolute atomic E-state index is 0.149. The minimum atomic E-state index is 0.149. The van der Waals surface area contributed by atoms with Crippen LogP contribution in [0.4, 0.5) is 0 Å². The molecule has 94 valence electrons. The molecule has 1 N–H and O–H groups in total. The Kier molecular flexibility index (Phi) is 6.18. The van der Waals surface area contributed by atoms with Crippen LogP contribution in [0.5, 0.6) is 0 Å². The number of hydrogen-bond donors (Lipinski definition) is 1. The van der Waals surface area contributed by atoms with Gasteiger partial charge in [0.2, 0.25) is 5.91 Å². The van der Waals surface area contributed by atoms with Crippen LogP contribution in [0.3, 0.4) is 0 Å². The van der Waals surface area contributed by atoms with Crippen LogP contribution in [-0.4, -0.2) is 17.8 Å². The highest BCUT2D eigenvalue weighted by Crippen LogP contribution is 2.27. The van der Waals surface area contributed by atoms with Gasteiger partial charge in [-0.2, -0.15) is 0 Å². The van der Waals surface area contributed by atoms with Gasteiger partial charge in [-0.25, -0.2) is 0 Å². The molecule has 0 aromatic rings. The maximum atomic E-state index is 11.8. The fourth-order valence-corrected chi connectivity index (χ4v) is 2.70. The Balaban J connectivity index is 2.24. The Morgan fingerprint density at radius 1 is 1.38 bits per heavy atom. The second kappa shape index (κ2) is 7.16. The van der Waals surface area contributed by atoms with Gasteiger partial charge in [-0.15, -0.1) is 11.6 Å². The zero-order valence-electron chi connectivity index (χ0n) is 10.5. The van der Waals surface area contributed by atoms with Crippen molar-refractivity contribution in [1.29, 1.82) is 0 Å². The zero-order chi connectivity index (χ0) is 12.0. The van der Waals surface area contributed by atoms with E-state index in [1.807, 2.05) is 0 Å². The standard InChI is InChI=1S/C13H24ClNO/c1-10(2)7-12(9-14)15-13(16)8-11-5-3-4-6-11/h10-12H,3-9H2,1-2H3,(H,15,16). The van der Waals surface area contributed by atoms with Crippen molar-refractivity contribution in [2.75, 3.05) is 5.88 Å². The molecular formula is C13H24ClNO. The summed E-state index contributed by atoms with van der Waals surface area (Å²) in [5.74, 6) is 1.91. The molecule has 1 fully saturated rings. The highest BCUT2D eigenvalue weighted by molar-refractivity contribution is 6.18. The van der Waals surface area contributed by atoms with Gasteiger partial charge in [-0.1, -0.05) is 26.7 Å². The molecule has 0 aromatic carbocycles. The van der Waals surface area contributed by atoms with Crippen LogP contribution < -0.4 is 5.32 Å². The molecule has 0 saturated heterocycles. The molecule has 16 heavy (non-hydrogen) atoms. The van der Waals surface area contributed by atoms with Gasteiger partial charge in [0, 0.05) is 18.3 Å². The van der Waals surface area contributed by atoms with Gasteiger partial charge in [-0.05, 0) is 31.1 Å². The van der Waals surface area contributed by atoms with E-state index in [9.17, 15) is 4.79 Å². The second-order valence-electron chi connectivity index (χ2n) is 5.40. The number of halogens is 1. The number of hydrogen-bond acceptors (Lipinski definition) is 1. The Hall–Kier alpha value is -0.240. The molecule has 0 bridgehead atoms. The third-order valence-corrected chi connectivity index (χ3v) is 3.63. The average molecular weight is 246 g/mol. The van der Waals surface area contributed by atoms with Crippen molar-refractivity contribution in [3.8, 4) is 0 Å². The van der Waals surface area contributed by atoms with Gasteiger partial charge in [0.05, 0.1) is 0 Å². The maximum absolute atomic E-state index is 11.8. The summed E-state index contributed by atoms with van der Waals surface area (Å²) in [5.41, 5.74) is 0. The molecule has 0 heterocycles. The molecule has 0 radical (unpaired) electrons. The molecule has 1 unspecified atom stereocenters. The first-order chi connectivity index (χ1) is 7.61. The minimum Gasteiger partial charge on any atom is -0.352 e. The van der Waals surface area contributed by atoms with Crippen molar-refractivity contribution in [1.82, 2.24) is 5.32 Å². The fraction of sp³-hybridized carbons (Fsp3) is 0.923. The Labute approximate surface area is 104 Å². The summed E-state index contributed by atoms with van der Waals surface area (Å²) in [4.78, 5) is 11.8. The van der Waals surface area contributed by atoms with E-state index >= 15 is 0 Å². The van der Waals surface area contributed by atoms with Gasteiger partial charge in [-0.3, -0.25) is 4.79 Å². The van der Waals surface area contributed by atoms with Crippen molar-refractivity contribution in [3.05, 3.63) is 0 Å². The summed E-state index contributed by atoms with van der Waals surface area (Å²) < 4.78 is 0. The van der Waals surface area contributed by atoms with Gasteiger partial charge < -0.3 is 5.32 Å². The molecule has 1 aliphatic carbocycles. The fourth-order valence-electron chi connectivity index (χ4n) is 2.49. The van der Waals surface area contributed by atoms with Crippen molar-refractivity contribution < 1.29 is 4.79 Å². The van der Waals surface area contributed by atoms with Crippen LogP contribution in [0.2, 0.25) is 0 Å². The highest BCUT2D eigenvalue weighted by atomic mass is 35.5. The smallest absolute Gasteiger partial charge is 0.220 e. The van der Waals surface area contributed by atoms with Crippen LogP contribution in [0.25, 0.3) is 0 Å². The van der Waals surface area contributed by atoms with Crippen LogP contribution in [0.15, 0.2) is 0 Å². The van der Waals surface area contributed by atoms with Gasteiger partial charge in [0.1, 0.15) is 0 Å². The van der Waals surface area contributed by atoms with Crippen LogP contribution in [0.1, 0.15) is 52.4 Å². The van der Waals surface area contributed by atoms with Gasteiger partial charge in [0.15, 0.2) is 0 Å². The third kappa shape index (κ3) is 5.20. The lowest BCUT2D eigenvalue weighted by atomic mass is 10.0. The van der Waals surface area contributed by atoms with E-state index in [0.717, 1.165) is 6.42 Å². The maximum Gasteiger partial charge on any atom is 0.220 e. The van der Waals surface area contributed by atoms with E-state index in [0.29, 0.717) is 24.1 Å². The SMILES string of the molecule is CC(C)CC(CCl)NC(=O)CC1CCCC1. The van der Waals surface area contributed by atoms with E-state index in [-0.39, 0.29) is 11.9 Å². The van der Waals surface area contributed by atoms with E-state index in [1.165, 1.54) is 25.7 Å². The Bertz CT molecular complexity index is 212. The summed E-state index contributed by atoms with van der Waals surface area (Å²) in [6.07, 6.45) is 6.71. The summed E-state index contributed by atoms with van der Waals surface area (Å²) >= 11 is 5.86. The van der Waals surface area contributed by atoms with E-state index in [4.69, 9.17) is 11.6 Å². The van der Waals surface area contributed by atoms with Crippen molar-refractivity contribution >= 4 is 17.5 Å². The monoisotopic (exact) mass is 245 g/mol. The molecule has 1 aliphatic rings. The lowest BCUT2D eigenvalue weighted by Crippen LogP contribution is -2.37. The molecule has 1 amide bonds. The lowest BCUT2D eigenvalue weighted by molar-refractivity contribution is -0.122. The van der Waals surface area contributed by atoms with Gasteiger partial charge in [0.25, 0.3) is 0 Å². The Morgan fingerprint density at radius 3 is 2.50 bits per heavy atom. The number of amides is 1. The molecule has 0 aromatic heterocycles. The molecular weight excluding hydrogens is 222 g/mol. The number of nitrogens with one attached hydrogen (secondary N) is 1. The van der Waals surface area contributed by atoms with Crippen LogP contribution in [-0.2, 0) is 4.79 Å². The molecule has 3 heteroatoms. The molecule has 1 atom stereocenters. The molecule has 0 aliphatic heterocycles. The normalized spacial score (nSPS) is 19.0. The molecule has 0 spiro atoms.